The Morgan fingerprint density at radius 1 is 1.47 bits per heavy atom. The van der Waals surface area contributed by atoms with Gasteiger partial charge in [0.25, 0.3) is 0 Å². The van der Waals surface area contributed by atoms with Crippen molar-refractivity contribution in [3.05, 3.63) is 23.8 Å². The normalized spacial score (nSPS) is 12.9. The minimum atomic E-state index is 0.520. The number of thioether (sulfide) groups is 1. The predicted molar refractivity (Wildman–Crippen MR) is 80.4 cm³/mol. The summed E-state index contributed by atoms with van der Waals surface area (Å²) in [4.78, 5) is 4.62. The molecule has 0 saturated carbocycles. The number of thiazole rings is 1. The number of aromatic nitrogens is 1. The third-order valence-corrected chi connectivity index (χ3v) is 4.42. The number of nitrogens with zero attached hydrogens (tertiary/aromatic N) is 1. The van der Waals surface area contributed by atoms with Crippen molar-refractivity contribution in [1.82, 2.24) is 4.98 Å². The third kappa shape index (κ3) is 3.13. The van der Waals surface area contributed by atoms with Gasteiger partial charge in [0.1, 0.15) is 0 Å². The summed E-state index contributed by atoms with van der Waals surface area (Å²) in [7, 11) is 0. The highest BCUT2D eigenvalue weighted by Crippen LogP contribution is 2.27. The maximum absolute atomic E-state index is 4.62. The lowest BCUT2D eigenvalue weighted by atomic mass is 10.2. The maximum atomic E-state index is 4.62. The smallest absolute Gasteiger partial charge is 0.184 e. The van der Waals surface area contributed by atoms with Crippen LogP contribution in [0.4, 0.5) is 5.13 Å². The molecule has 0 fully saturated rings. The van der Waals surface area contributed by atoms with Gasteiger partial charge in [0.15, 0.2) is 5.13 Å². The van der Waals surface area contributed by atoms with Gasteiger partial charge in [0, 0.05) is 11.8 Å². The third-order valence-electron chi connectivity index (χ3n) is 2.73. The van der Waals surface area contributed by atoms with Gasteiger partial charge in [-0.05, 0) is 37.3 Å². The molecule has 4 heteroatoms. The molecule has 0 aliphatic carbocycles. The van der Waals surface area contributed by atoms with E-state index in [1.807, 2.05) is 11.8 Å². The van der Waals surface area contributed by atoms with E-state index in [1.165, 1.54) is 10.3 Å². The Kier molecular flexibility index (Phi) is 4.29. The van der Waals surface area contributed by atoms with E-state index in [-0.39, 0.29) is 0 Å². The van der Waals surface area contributed by atoms with Crippen molar-refractivity contribution >= 4 is 38.4 Å². The molecule has 2 aromatic rings. The summed E-state index contributed by atoms with van der Waals surface area (Å²) in [6, 6.07) is 6.94. The van der Waals surface area contributed by atoms with E-state index < -0.39 is 0 Å². The van der Waals surface area contributed by atoms with E-state index in [0.29, 0.717) is 6.04 Å². The number of anilines is 1. The molecule has 92 valence electrons. The van der Waals surface area contributed by atoms with Gasteiger partial charge in [-0.15, -0.1) is 0 Å². The van der Waals surface area contributed by atoms with E-state index in [0.717, 1.165) is 22.8 Å². The van der Waals surface area contributed by atoms with Crippen LogP contribution in [0.2, 0.25) is 0 Å². The molecular formula is C13H18N2S2. The Morgan fingerprint density at radius 2 is 2.29 bits per heavy atom. The van der Waals surface area contributed by atoms with Crippen LogP contribution in [0.3, 0.4) is 0 Å². The molecule has 1 aromatic heterocycles. The van der Waals surface area contributed by atoms with Crippen molar-refractivity contribution in [2.45, 2.75) is 26.3 Å². The molecule has 1 aromatic carbocycles. The van der Waals surface area contributed by atoms with Crippen molar-refractivity contribution < 1.29 is 0 Å². The van der Waals surface area contributed by atoms with Crippen LogP contribution < -0.4 is 5.32 Å². The van der Waals surface area contributed by atoms with Crippen molar-refractivity contribution in [2.75, 3.05) is 17.3 Å². The maximum Gasteiger partial charge on any atom is 0.184 e. The first-order chi connectivity index (χ1) is 8.22. The Labute approximate surface area is 111 Å². The molecule has 0 spiro atoms. The van der Waals surface area contributed by atoms with Gasteiger partial charge in [-0.1, -0.05) is 24.3 Å². The Hall–Kier alpha value is -0.740. The number of benzene rings is 1. The molecule has 0 aliphatic rings. The molecule has 0 radical (unpaired) electrons. The highest BCUT2D eigenvalue weighted by molar-refractivity contribution is 7.98. The first-order valence-corrected chi connectivity index (χ1v) is 8.06. The molecule has 1 unspecified atom stereocenters. The number of fused-ring (bicyclic) bond motifs is 1. The fourth-order valence-electron chi connectivity index (χ4n) is 1.73. The van der Waals surface area contributed by atoms with Crippen LogP contribution in [0, 0.1) is 6.92 Å². The first-order valence-electron chi connectivity index (χ1n) is 5.85. The van der Waals surface area contributed by atoms with E-state index in [1.54, 1.807) is 11.3 Å². The second-order valence-corrected chi connectivity index (χ2v) is 6.14. The summed E-state index contributed by atoms with van der Waals surface area (Å²) in [5, 5.41) is 4.57. The minimum Gasteiger partial charge on any atom is -0.358 e. The fraction of sp³-hybridized carbons (Fsp3) is 0.462. The Bertz CT molecular complexity index is 493. The molecule has 1 heterocycles. The lowest BCUT2D eigenvalue weighted by Crippen LogP contribution is -2.20. The van der Waals surface area contributed by atoms with E-state index in [9.17, 15) is 0 Å². The van der Waals surface area contributed by atoms with Crippen LogP contribution in [-0.4, -0.2) is 23.0 Å². The minimum absolute atomic E-state index is 0.520. The number of aryl methyl sites for hydroxylation is 1. The fourth-order valence-corrected chi connectivity index (χ4v) is 3.49. The van der Waals surface area contributed by atoms with E-state index in [4.69, 9.17) is 0 Å². The van der Waals surface area contributed by atoms with Gasteiger partial charge < -0.3 is 5.32 Å². The van der Waals surface area contributed by atoms with Crippen LogP contribution in [0.25, 0.3) is 10.2 Å². The number of hydrogen-bond donors (Lipinski definition) is 1. The van der Waals surface area contributed by atoms with Crippen molar-refractivity contribution in [3.8, 4) is 0 Å². The summed E-state index contributed by atoms with van der Waals surface area (Å²) in [6.07, 6.45) is 3.28. The number of nitrogens with one attached hydrogen (secondary N) is 1. The van der Waals surface area contributed by atoms with Crippen LogP contribution in [-0.2, 0) is 0 Å². The molecule has 1 atom stereocenters. The van der Waals surface area contributed by atoms with Gasteiger partial charge >= 0.3 is 0 Å². The quantitative estimate of drug-likeness (QED) is 0.879. The molecule has 0 saturated heterocycles. The zero-order valence-corrected chi connectivity index (χ0v) is 12.1. The predicted octanol–water partition coefficient (Wildman–Crippen LogP) is 4.16. The molecule has 0 aliphatic heterocycles. The monoisotopic (exact) mass is 266 g/mol. The SMILES string of the molecule is CCC(CSC)Nc1nc2ccc(C)cc2s1. The largest absolute Gasteiger partial charge is 0.358 e. The summed E-state index contributed by atoms with van der Waals surface area (Å²) < 4.78 is 1.27. The van der Waals surface area contributed by atoms with Crippen LogP contribution >= 0.6 is 23.1 Å². The van der Waals surface area contributed by atoms with Crippen LogP contribution in [0.5, 0.6) is 0 Å². The average molecular weight is 266 g/mol. The molecule has 17 heavy (non-hydrogen) atoms. The van der Waals surface area contributed by atoms with Gasteiger partial charge in [-0.2, -0.15) is 11.8 Å². The Balaban J connectivity index is 2.18. The van der Waals surface area contributed by atoms with Crippen molar-refractivity contribution in [3.63, 3.8) is 0 Å². The lowest BCUT2D eigenvalue weighted by Gasteiger charge is -2.14. The number of rotatable bonds is 5. The van der Waals surface area contributed by atoms with E-state index in [2.05, 4.69) is 48.6 Å². The van der Waals surface area contributed by atoms with Gasteiger partial charge in [0.2, 0.25) is 0 Å². The molecule has 0 amide bonds. The zero-order chi connectivity index (χ0) is 12.3. The van der Waals surface area contributed by atoms with Crippen molar-refractivity contribution in [1.29, 1.82) is 0 Å². The van der Waals surface area contributed by atoms with Crippen LogP contribution in [0.1, 0.15) is 18.9 Å². The summed E-state index contributed by atoms with van der Waals surface area (Å²) in [6.45, 7) is 4.33. The second-order valence-electron chi connectivity index (χ2n) is 4.20. The lowest BCUT2D eigenvalue weighted by molar-refractivity contribution is 0.774. The second kappa shape index (κ2) is 5.74. The summed E-state index contributed by atoms with van der Waals surface area (Å²) in [5.41, 5.74) is 2.39. The van der Waals surface area contributed by atoms with E-state index >= 15 is 0 Å². The Morgan fingerprint density at radius 3 is 3.00 bits per heavy atom. The molecule has 1 N–H and O–H groups in total. The molecule has 2 rings (SSSR count). The molecular weight excluding hydrogens is 248 g/mol. The highest BCUT2D eigenvalue weighted by Gasteiger charge is 2.09. The topological polar surface area (TPSA) is 24.9 Å². The molecule has 2 nitrogen and oxygen atoms in total. The zero-order valence-electron chi connectivity index (χ0n) is 10.5. The van der Waals surface area contributed by atoms with Crippen LogP contribution in [0.15, 0.2) is 18.2 Å². The molecule has 0 bridgehead atoms. The summed E-state index contributed by atoms with van der Waals surface area (Å²) >= 11 is 3.63. The number of hydrogen-bond acceptors (Lipinski definition) is 4. The van der Waals surface area contributed by atoms with Crippen molar-refractivity contribution in [2.24, 2.45) is 0 Å². The van der Waals surface area contributed by atoms with Gasteiger partial charge in [-0.25, -0.2) is 4.98 Å². The summed E-state index contributed by atoms with van der Waals surface area (Å²) in [5.74, 6) is 1.13. The van der Waals surface area contributed by atoms with Gasteiger partial charge in [0.05, 0.1) is 10.2 Å². The standard InChI is InChI=1S/C13H18N2S2/c1-4-10(8-16-3)14-13-15-11-6-5-9(2)7-12(11)17-13/h5-7,10H,4,8H2,1-3H3,(H,14,15). The van der Waals surface area contributed by atoms with Gasteiger partial charge in [-0.3, -0.25) is 0 Å². The average Bonchev–Trinajstić information content (AvgIpc) is 2.69. The highest BCUT2D eigenvalue weighted by atomic mass is 32.2. The first kappa shape index (κ1) is 12.7.